The lowest BCUT2D eigenvalue weighted by atomic mass is 10.1. The van der Waals surface area contributed by atoms with Crippen molar-refractivity contribution in [1.82, 2.24) is 14.9 Å². The molecule has 2 N–H and O–H groups in total. The first kappa shape index (κ1) is 21.6. The van der Waals surface area contributed by atoms with Gasteiger partial charge in [-0.1, -0.05) is 0 Å². The molecule has 0 bridgehead atoms. The Labute approximate surface area is 170 Å². The Morgan fingerprint density at radius 3 is 2.43 bits per heavy atom. The summed E-state index contributed by atoms with van der Waals surface area (Å²) < 4.78 is 50.2. The molecule has 2 aromatic heterocycles. The van der Waals surface area contributed by atoms with Crippen molar-refractivity contribution in [1.29, 1.82) is 0 Å². The minimum atomic E-state index is -4.60. The highest BCUT2D eigenvalue weighted by Crippen LogP contribution is 2.37. The molecule has 30 heavy (non-hydrogen) atoms. The summed E-state index contributed by atoms with van der Waals surface area (Å²) in [7, 11) is 1.34. The summed E-state index contributed by atoms with van der Waals surface area (Å²) >= 11 is 0. The van der Waals surface area contributed by atoms with Crippen molar-refractivity contribution in [2.24, 2.45) is 5.73 Å². The van der Waals surface area contributed by atoms with E-state index in [4.69, 9.17) is 14.9 Å². The van der Waals surface area contributed by atoms with Crippen LogP contribution in [0.5, 0.6) is 5.75 Å². The van der Waals surface area contributed by atoms with Crippen molar-refractivity contribution < 1.29 is 27.1 Å². The Morgan fingerprint density at radius 2 is 1.87 bits per heavy atom. The zero-order valence-electron chi connectivity index (χ0n) is 16.7. The van der Waals surface area contributed by atoms with E-state index in [-0.39, 0.29) is 41.1 Å². The highest BCUT2D eigenvalue weighted by atomic mass is 19.4. The quantitative estimate of drug-likeness (QED) is 0.648. The summed E-state index contributed by atoms with van der Waals surface area (Å²) in [5, 5.41) is 0.342. The van der Waals surface area contributed by atoms with Crippen molar-refractivity contribution in [3.05, 3.63) is 41.4 Å². The van der Waals surface area contributed by atoms with Crippen LogP contribution in [0.15, 0.2) is 28.7 Å². The molecular weight excluding hydrogens is 401 g/mol. The molecule has 0 radical (unpaired) electrons. The number of oxazole rings is 1. The number of rotatable bonds is 6. The second-order valence-electron chi connectivity index (χ2n) is 6.38. The Morgan fingerprint density at radius 1 is 1.17 bits per heavy atom. The molecule has 0 aliphatic rings. The van der Waals surface area contributed by atoms with Gasteiger partial charge in [-0.15, -0.1) is 0 Å². The minimum absolute atomic E-state index is 0.00828. The lowest BCUT2D eigenvalue weighted by molar-refractivity contribution is -0.140. The molecule has 0 atom stereocenters. The molecule has 1 amide bonds. The maximum atomic E-state index is 13.1. The summed E-state index contributed by atoms with van der Waals surface area (Å²) in [5.41, 5.74) is 5.15. The topological polar surface area (TPSA) is 94.5 Å². The Hall–Kier alpha value is -3.14. The fraction of sp³-hybridized carbons (Fsp3) is 0.350. The summed E-state index contributed by atoms with van der Waals surface area (Å²) in [4.78, 5) is 22.4. The normalized spacial score (nSPS) is 11.7. The third kappa shape index (κ3) is 3.82. The third-order valence-corrected chi connectivity index (χ3v) is 4.70. The Bertz CT molecular complexity index is 1080. The number of amides is 1. The highest BCUT2D eigenvalue weighted by molar-refractivity contribution is 5.98. The van der Waals surface area contributed by atoms with Gasteiger partial charge in [0.1, 0.15) is 17.0 Å². The molecular formula is C20H21F3N4O3. The number of methoxy groups -OCH3 is 1. The summed E-state index contributed by atoms with van der Waals surface area (Å²) in [5.74, 6) is 0.113. The Balaban J connectivity index is 2.19. The standard InChI is InChI=1S/C20H21F3N4O3/c1-4-27(5-2)19(28)17-14(10-24)30-18(26-17)12-6-8-13(29-3)16-11(12)7-9-15(25-16)20(21,22)23/h6-9H,4-5,10,24H2,1-3H3. The first-order valence-corrected chi connectivity index (χ1v) is 9.29. The van der Waals surface area contributed by atoms with Gasteiger partial charge in [0.25, 0.3) is 5.91 Å². The van der Waals surface area contributed by atoms with Crippen LogP contribution in [0, 0.1) is 0 Å². The second kappa shape index (κ2) is 8.31. The predicted octanol–water partition coefficient (Wildman–Crippen LogP) is 3.86. The van der Waals surface area contributed by atoms with Gasteiger partial charge in [-0.05, 0) is 38.1 Å². The number of aromatic nitrogens is 2. The number of benzene rings is 1. The van der Waals surface area contributed by atoms with Gasteiger partial charge in [0.05, 0.1) is 13.7 Å². The molecule has 2 heterocycles. The predicted molar refractivity (Wildman–Crippen MR) is 104 cm³/mol. The van der Waals surface area contributed by atoms with E-state index in [2.05, 4.69) is 9.97 Å². The van der Waals surface area contributed by atoms with E-state index in [0.717, 1.165) is 6.07 Å². The second-order valence-corrected chi connectivity index (χ2v) is 6.38. The number of carbonyl (C=O) groups excluding carboxylic acids is 1. The number of halogens is 3. The van der Waals surface area contributed by atoms with E-state index in [1.807, 2.05) is 13.8 Å². The largest absolute Gasteiger partial charge is 0.494 e. The van der Waals surface area contributed by atoms with Crippen LogP contribution in [0.1, 0.15) is 35.8 Å². The fourth-order valence-electron chi connectivity index (χ4n) is 3.13. The molecule has 10 heteroatoms. The number of ether oxygens (including phenoxy) is 1. The van der Waals surface area contributed by atoms with Gasteiger partial charge < -0.3 is 19.8 Å². The zero-order chi connectivity index (χ0) is 22.1. The highest BCUT2D eigenvalue weighted by Gasteiger charge is 2.33. The van der Waals surface area contributed by atoms with E-state index in [1.54, 1.807) is 11.0 Å². The average molecular weight is 422 g/mol. The van der Waals surface area contributed by atoms with Crippen LogP contribution in [-0.2, 0) is 12.7 Å². The van der Waals surface area contributed by atoms with Crippen LogP contribution < -0.4 is 10.5 Å². The van der Waals surface area contributed by atoms with Crippen LogP contribution in [0.3, 0.4) is 0 Å². The number of alkyl halides is 3. The van der Waals surface area contributed by atoms with Crippen LogP contribution in [-0.4, -0.2) is 41.0 Å². The summed E-state index contributed by atoms with van der Waals surface area (Å²) in [6, 6.07) is 5.22. The number of carbonyl (C=O) groups is 1. The molecule has 0 unspecified atom stereocenters. The Kier molecular flexibility index (Phi) is 5.97. The maximum absolute atomic E-state index is 13.1. The maximum Gasteiger partial charge on any atom is 0.433 e. The molecule has 1 aromatic carbocycles. The molecule has 160 valence electrons. The molecule has 3 aromatic rings. The van der Waals surface area contributed by atoms with E-state index in [1.165, 1.54) is 19.2 Å². The lowest BCUT2D eigenvalue weighted by Crippen LogP contribution is -2.31. The number of nitrogens with two attached hydrogens (primary N) is 1. The van der Waals surface area contributed by atoms with Crippen molar-refractivity contribution in [3.63, 3.8) is 0 Å². The fourth-order valence-corrected chi connectivity index (χ4v) is 3.13. The van der Waals surface area contributed by atoms with Gasteiger partial charge in [-0.25, -0.2) is 9.97 Å². The van der Waals surface area contributed by atoms with Gasteiger partial charge in [0, 0.05) is 24.0 Å². The van der Waals surface area contributed by atoms with Crippen molar-refractivity contribution in [2.75, 3.05) is 20.2 Å². The molecule has 0 saturated carbocycles. The summed E-state index contributed by atoms with van der Waals surface area (Å²) in [6.45, 7) is 4.59. The number of hydrogen-bond acceptors (Lipinski definition) is 6. The van der Waals surface area contributed by atoms with Crippen LogP contribution in [0.4, 0.5) is 13.2 Å². The summed E-state index contributed by atoms with van der Waals surface area (Å²) in [6.07, 6.45) is -4.60. The van der Waals surface area contributed by atoms with Crippen LogP contribution in [0.2, 0.25) is 0 Å². The molecule has 7 nitrogen and oxygen atoms in total. The molecule has 0 aliphatic carbocycles. The minimum Gasteiger partial charge on any atom is -0.494 e. The first-order valence-electron chi connectivity index (χ1n) is 9.29. The van der Waals surface area contributed by atoms with E-state index >= 15 is 0 Å². The molecule has 0 saturated heterocycles. The van der Waals surface area contributed by atoms with Gasteiger partial charge >= 0.3 is 6.18 Å². The monoisotopic (exact) mass is 422 g/mol. The van der Waals surface area contributed by atoms with E-state index < -0.39 is 11.9 Å². The van der Waals surface area contributed by atoms with E-state index in [0.29, 0.717) is 24.0 Å². The van der Waals surface area contributed by atoms with Gasteiger partial charge in [-0.3, -0.25) is 4.79 Å². The third-order valence-electron chi connectivity index (χ3n) is 4.70. The lowest BCUT2D eigenvalue weighted by Gasteiger charge is -2.17. The average Bonchev–Trinajstić information content (AvgIpc) is 3.16. The first-order chi connectivity index (χ1) is 14.2. The van der Waals surface area contributed by atoms with Gasteiger partial charge in [-0.2, -0.15) is 13.2 Å². The van der Waals surface area contributed by atoms with Gasteiger partial charge in [0.15, 0.2) is 11.5 Å². The number of pyridine rings is 1. The molecule has 3 rings (SSSR count). The number of hydrogen-bond donors (Lipinski definition) is 1. The molecule has 0 fully saturated rings. The van der Waals surface area contributed by atoms with Gasteiger partial charge in [0.2, 0.25) is 5.89 Å². The van der Waals surface area contributed by atoms with Crippen LogP contribution >= 0.6 is 0 Å². The van der Waals surface area contributed by atoms with Crippen LogP contribution in [0.25, 0.3) is 22.4 Å². The smallest absolute Gasteiger partial charge is 0.433 e. The van der Waals surface area contributed by atoms with E-state index in [9.17, 15) is 18.0 Å². The number of nitrogens with zero attached hydrogens (tertiary/aromatic N) is 3. The SMILES string of the molecule is CCN(CC)C(=O)c1nc(-c2ccc(OC)c3nc(C(F)(F)F)ccc23)oc1CN. The zero-order valence-corrected chi connectivity index (χ0v) is 16.7. The van der Waals surface area contributed by atoms with Crippen molar-refractivity contribution in [3.8, 4) is 17.2 Å². The van der Waals surface area contributed by atoms with Crippen molar-refractivity contribution >= 4 is 16.8 Å². The van der Waals surface area contributed by atoms with Crippen molar-refractivity contribution in [2.45, 2.75) is 26.6 Å². The molecule has 0 spiro atoms. The number of fused-ring (bicyclic) bond motifs is 1. The molecule has 0 aliphatic heterocycles.